The van der Waals surface area contributed by atoms with E-state index < -0.39 is 0 Å². The van der Waals surface area contributed by atoms with Crippen LogP contribution in [0.15, 0.2) is 243 Å². The number of ether oxygens (including phenoxy) is 1. The van der Waals surface area contributed by atoms with Gasteiger partial charge in [-0.15, -0.1) is 11.3 Å². The van der Waals surface area contributed by atoms with Crippen molar-refractivity contribution in [1.29, 1.82) is 0 Å². The lowest BCUT2D eigenvalue weighted by atomic mass is 9.95. The molecule has 0 saturated carbocycles. The quantitative estimate of drug-likeness (QED) is 0.159. The predicted octanol–water partition coefficient (Wildman–Crippen LogP) is 18.5. The third-order valence-corrected chi connectivity index (χ3v) is 15.0. The van der Waals surface area contributed by atoms with Gasteiger partial charge < -0.3 is 14.2 Å². The minimum Gasteiger partial charge on any atom is -0.453 e. The summed E-state index contributed by atoms with van der Waals surface area (Å²) in [5, 5.41) is 7.53. The molecule has 0 N–H and O–H groups in total. The van der Waals surface area contributed by atoms with Gasteiger partial charge in [-0.25, -0.2) is 0 Å². The summed E-state index contributed by atoms with van der Waals surface area (Å²) in [4.78, 5) is 2.37. The number of hydrogen-bond donors (Lipinski definition) is 0. The molecule has 4 heteroatoms. The van der Waals surface area contributed by atoms with Gasteiger partial charge in [0.15, 0.2) is 11.5 Å². The van der Waals surface area contributed by atoms with Crippen LogP contribution in [0.2, 0.25) is 0 Å². The van der Waals surface area contributed by atoms with Crippen molar-refractivity contribution in [2.24, 2.45) is 0 Å². The van der Waals surface area contributed by atoms with Crippen molar-refractivity contribution >= 4 is 81.1 Å². The molecule has 0 saturated heterocycles. The Hall–Kier alpha value is -8.70. The molecule has 3 heterocycles. The average Bonchev–Trinajstić information content (AvgIpc) is 3.96. The number of nitrogens with zero attached hydrogens (tertiary/aromatic N) is 2. The highest BCUT2D eigenvalue weighted by Crippen LogP contribution is 2.47. The number of benzene rings is 11. The van der Waals surface area contributed by atoms with Crippen LogP contribution < -0.4 is 9.64 Å². The molecule has 0 aliphatic carbocycles. The van der Waals surface area contributed by atoms with Crippen LogP contribution in [0, 0.1) is 0 Å². The van der Waals surface area contributed by atoms with Crippen LogP contribution in [0.3, 0.4) is 0 Å². The molecular weight excluding hydrogens is 845 g/mol. The number of thiophene rings is 1. The van der Waals surface area contributed by atoms with Gasteiger partial charge in [-0.3, -0.25) is 0 Å². The molecule has 0 fully saturated rings. The van der Waals surface area contributed by atoms with Crippen LogP contribution in [0.25, 0.3) is 103 Å². The third kappa shape index (κ3) is 6.19. The smallest absolute Gasteiger partial charge is 0.152 e. The lowest BCUT2D eigenvalue weighted by Gasteiger charge is -2.26. The Morgan fingerprint density at radius 1 is 0.353 bits per heavy atom. The first-order valence-electron chi connectivity index (χ1n) is 23.1. The zero-order chi connectivity index (χ0) is 44.7. The Morgan fingerprint density at radius 3 is 1.72 bits per heavy atom. The molecule has 0 atom stereocenters. The van der Waals surface area contributed by atoms with Crippen molar-refractivity contribution in [1.82, 2.24) is 4.57 Å². The Bertz CT molecular complexity index is 4100. The molecule has 1 aliphatic rings. The molecule has 3 nitrogen and oxygen atoms in total. The number of para-hydroxylation sites is 3. The molecule has 1 aliphatic heterocycles. The van der Waals surface area contributed by atoms with Gasteiger partial charge in [0.1, 0.15) is 0 Å². The van der Waals surface area contributed by atoms with Gasteiger partial charge in [0.2, 0.25) is 0 Å². The van der Waals surface area contributed by atoms with Crippen molar-refractivity contribution < 1.29 is 4.74 Å². The summed E-state index contributed by atoms with van der Waals surface area (Å²) in [6.45, 7) is 0. The molecule has 13 aromatic rings. The van der Waals surface area contributed by atoms with E-state index in [4.69, 9.17) is 4.74 Å². The van der Waals surface area contributed by atoms with E-state index in [1.807, 2.05) is 23.5 Å². The van der Waals surface area contributed by atoms with Crippen LogP contribution in [-0.2, 0) is 0 Å². The maximum Gasteiger partial charge on any atom is 0.152 e. The Morgan fingerprint density at radius 2 is 0.912 bits per heavy atom. The summed E-state index contributed by atoms with van der Waals surface area (Å²) in [6.07, 6.45) is 0. The summed E-state index contributed by atoms with van der Waals surface area (Å²) in [7, 11) is 0. The van der Waals surface area contributed by atoms with Gasteiger partial charge in [-0.1, -0.05) is 164 Å². The number of anilines is 3. The molecule has 14 rings (SSSR count). The van der Waals surface area contributed by atoms with Crippen LogP contribution in [0.5, 0.6) is 11.5 Å². The first-order chi connectivity index (χ1) is 33.7. The molecule has 0 radical (unpaired) electrons. The third-order valence-electron chi connectivity index (χ3n) is 13.8. The van der Waals surface area contributed by atoms with Gasteiger partial charge in [0.05, 0.1) is 16.7 Å². The Balaban J connectivity index is 0.845. The van der Waals surface area contributed by atoms with Crippen molar-refractivity contribution in [3.8, 4) is 61.7 Å². The van der Waals surface area contributed by atoms with E-state index in [0.29, 0.717) is 0 Å². The highest BCUT2D eigenvalue weighted by molar-refractivity contribution is 7.26. The first-order valence-corrected chi connectivity index (χ1v) is 24.0. The summed E-state index contributed by atoms with van der Waals surface area (Å²) < 4.78 is 11.4. The van der Waals surface area contributed by atoms with E-state index in [0.717, 1.165) is 45.3 Å². The fourth-order valence-corrected chi connectivity index (χ4v) is 11.8. The molecule has 318 valence electrons. The highest BCUT2D eigenvalue weighted by atomic mass is 32.1. The van der Waals surface area contributed by atoms with E-state index >= 15 is 0 Å². The van der Waals surface area contributed by atoms with Gasteiger partial charge in [0.25, 0.3) is 0 Å². The topological polar surface area (TPSA) is 17.4 Å². The summed E-state index contributed by atoms with van der Waals surface area (Å²) in [5.41, 5.74) is 16.2. The van der Waals surface area contributed by atoms with Gasteiger partial charge in [-0.2, -0.15) is 0 Å². The van der Waals surface area contributed by atoms with Gasteiger partial charge in [-0.05, 0) is 134 Å². The number of hydrogen-bond acceptors (Lipinski definition) is 3. The van der Waals surface area contributed by atoms with Gasteiger partial charge in [0, 0.05) is 48.0 Å². The SMILES string of the molecule is c1cc(-c2ccc(N(c3ccc(-c4ccc5c(c4)c4cccc6c4n5-c4ccccc4O6)cc3)c3ccc(-c4cccc5c4sc4ccccc45)cc3)cc2)cc(-c2cccc3ccccc23)c1. The number of aromatic nitrogens is 1. The largest absolute Gasteiger partial charge is 0.453 e. The highest BCUT2D eigenvalue weighted by Gasteiger charge is 2.24. The summed E-state index contributed by atoms with van der Waals surface area (Å²) >= 11 is 1.87. The zero-order valence-corrected chi connectivity index (χ0v) is 37.6. The van der Waals surface area contributed by atoms with E-state index in [2.05, 4.69) is 240 Å². The van der Waals surface area contributed by atoms with Crippen LogP contribution in [0.1, 0.15) is 0 Å². The van der Waals surface area contributed by atoms with Crippen LogP contribution >= 0.6 is 11.3 Å². The summed E-state index contributed by atoms with van der Waals surface area (Å²) in [5.74, 6) is 1.76. The second-order valence-electron chi connectivity index (χ2n) is 17.7. The number of rotatable bonds is 7. The van der Waals surface area contributed by atoms with Crippen molar-refractivity contribution in [3.05, 3.63) is 243 Å². The molecular formula is C64H40N2OS. The number of fused-ring (bicyclic) bond motifs is 9. The maximum absolute atomic E-state index is 6.40. The van der Waals surface area contributed by atoms with Crippen LogP contribution in [0.4, 0.5) is 17.1 Å². The Kier molecular flexibility index (Phi) is 8.76. The first kappa shape index (κ1) is 38.6. The van der Waals surface area contributed by atoms with E-state index in [-0.39, 0.29) is 0 Å². The van der Waals surface area contributed by atoms with E-state index in [9.17, 15) is 0 Å². The van der Waals surface area contributed by atoms with E-state index in [1.165, 1.54) is 86.2 Å². The Labute approximate surface area is 397 Å². The lowest BCUT2D eigenvalue weighted by molar-refractivity contribution is 0.476. The lowest BCUT2D eigenvalue weighted by Crippen LogP contribution is -2.09. The molecule has 11 aromatic carbocycles. The monoisotopic (exact) mass is 884 g/mol. The predicted molar refractivity (Wildman–Crippen MR) is 288 cm³/mol. The molecule has 0 bridgehead atoms. The summed E-state index contributed by atoms with van der Waals surface area (Å²) in [6, 6.07) is 88.2. The molecule has 0 unspecified atom stereocenters. The minimum absolute atomic E-state index is 0.873. The molecule has 0 spiro atoms. The second-order valence-corrected chi connectivity index (χ2v) is 18.7. The fourth-order valence-electron chi connectivity index (χ4n) is 10.6. The van der Waals surface area contributed by atoms with Crippen LogP contribution in [-0.4, -0.2) is 4.57 Å². The normalized spacial score (nSPS) is 11.9. The molecule has 0 amide bonds. The fraction of sp³-hybridized carbons (Fsp3) is 0. The minimum atomic E-state index is 0.873. The molecule has 68 heavy (non-hydrogen) atoms. The second kappa shape index (κ2) is 15.5. The standard InChI is InChI=1S/C64H40N2OS/c1-2-15-51-43(11-1)12-8-17-52(51)47-14-7-13-45(39-47)41-25-32-48(33-26-41)65(50-36-29-44(30-37-50)53-18-9-20-56-54-16-3-6-24-62(54)68-64(53)56)49-34-27-42(28-35-49)46-31-38-58-57(40-46)55-19-10-23-61-63(55)66(58)59-21-4-5-22-60(59)67-61/h1-40H. The molecule has 2 aromatic heterocycles. The van der Waals surface area contributed by atoms with Gasteiger partial charge >= 0.3 is 0 Å². The van der Waals surface area contributed by atoms with Crippen molar-refractivity contribution in [2.75, 3.05) is 4.90 Å². The zero-order valence-electron chi connectivity index (χ0n) is 36.8. The maximum atomic E-state index is 6.40. The van der Waals surface area contributed by atoms with Crippen molar-refractivity contribution in [3.63, 3.8) is 0 Å². The average molecular weight is 885 g/mol. The van der Waals surface area contributed by atoms with Crippen molar-refractivity contribution in [2.45, 2.75) is 0 Å². The van der Waals surface area contributed by atoms with E-state index in [1.54, 1.807) is 0 Å².